The van der Waals surface area contributed by atoms with E-state index in [-0.39, 0.29) is 0 Å². The average Bonchev–Trinajstić information content (AvgIpc) is 3.62. The zero-order chi connectivity index (χ0) is 22.8. The number of rotatable bonds is 2. The maximum atomic E-state index is 9.15. The van der Waals surface area contributed by atoms with Crippen molar-refractivity contribution in [3.05, 3.63) is 77.7 Å². The van der Waals surface area contributed by atoms with Gasteiger partial charge in [0.15, 0.2) is 5.82 Å². The van der Waals surface area contributed by atoms with Crippen LogP contribution in [-0.4, -0.2) is 39.3 Å². The molecule has 2 aromatic carbocycles. The van der Waals surface area contributed by atoms with E-state index in [0.717, 1.165) is 48.0 Å². The molecule has 3 aliphatic rings. The molecule has 1 N–H and O–H groups in total. The SMILES string of the molecule is Cc1cnc2n1-c1ccc(N3CCC4NCCC43)cc1Cn1cc(-c3ccc(C#N)cc3)cc1-2. The van der Waals surface area contributed by atoms with Gasteiger partial charge in [-0.15, -0.1) is 0 Å². The molecule has 0 saturated carbocycles. The van der Waals surface area contributed by atoms with Gasteiger partial charge in [-0.3, -0.25) is 4.57 Å². The molecule has 6 heteroatoms. The lowest BCUT2D eigenvalue weighted by Gasteiger charge is -2.27. The largest absolute Gasteiger partial charge is 0.367 e. The van der Waals surface area contributed by atoms with Crippen molar-refractivity contribution in [1.82, 2.24) is 19.4 Å². The van der Waals surface area contributed by atoms with Gasteiger partial charge < -0.3 is 14.8 Å². The van der Waals surface area contributed by atoms with Crippen LogP contribution >= 0.6 is 0 Å². The van der Waals surface area contributed by atoms with Crippen molar-refractivity contribution in [1.29, 1.82) is 5.26 Å². The summed E-state index contributed by atoms with van der Waals surface area (Å²) in [6.45, 7) is 5.18. The zero-order valence-corrected chi connectivity index (χ0v) is 19.2. The first-order chi connectivity index (χ1) is 16.7. The molecule has 34 heavy (non-hydrogen) atoms. The van der Waals surface area contributed by atoms with Crippen molar-refractivity contribution in [2.45, 2.75) is 38.4 Å². The maximum absolute atomic E-state index is 9.15. The topological polar surface area (TPSA) is 61.8 Å². The predicted octanol–water partition coefficient (Wildman–Crippen LogP) is 4.49. The van der Waals surface area contributed by atoms with Crippen LogP contribution in [0.1, 0.15) is 29.7 Å². The monoisotopic (exact) mass is 446 g/mol. The summed E-state index contributed by atoms with van der Waals surface area (Å²) in [5.74, 6) is 0.977. The summed E-state index contributed by atoms with van der Waals surface area (Å²) in [5.41, 5.74) is 9.06. The highest BCUT2D eigenvalue weighted by Gasteiger charge is 2.37. The first-order valence-corrected chi connectivity index (χ1v) is 12.1. The minimum atomic E-state index is 0.611. The van der Waals surface area contributed by atoms with E-state index in [4.69, 9.17) is 10.2 Å². The normalized spacial score (nSPS) is 20.3. The van der Waals surface area contributed by atoms with E-state index in [2.05, 4.69) is 62.8 Å². The van der Waals surface area contributed by atoms with Gasteiger partial charge in [-0.05, 0) is 73.8 Å². The van der Waals surface area contributed by atoms with Crippen molar-refractivity contribution in [3.8, 4) is 34.4 Å². The van der Waals surface area contributed by atoms with Crippen LogP contribution in [-0.2, 0) is 6.54 Å². The fraction of sp³-hybridized carbons (Fsp3) is 0.286. The van der Waals surface area contributed by atoms with Gasteiger partial charge in [0.25, 0.3) is 0 Å². The number of hydrogen-bond donors (Lipinski definition) is 1. The smallest absolute Gasteiger partial charge is 0.161 e. The highest BCUT2D eigenvalue weighted by molar-refractivity contribution is 5.73. The number of aryl methyl sites for hydroxylation is 1. The van der Waals surface area contributed by atoms with Crippen molar-refractivity contribution >= 4 is 5.69 Å². The molecule has 3 aliphatic heterocycles. The minimum Gasteiger partial charge on any atom is -0.367 e. The lowest BCUT2D eigenvalue weighted by Crippen LogP contribution is -2.34. The Hall–Kier alpha value is -3.82. The molecule has 5 heterocycles. The van der Waals surface area contributed by atoms with Crippen LogP contribution in [0.25, 0.3) is 28.3 Å². The summed E-state index contributed by atoms with van der Waals surface area (Å²) in [6.07, 6.45) is 6.64. The van der Waals surface area contributed by atoms with E-state index in [0.29, 0.717) is 17.6 Å². The molecule has 7 rings (SSSR count). The molecule has 0 amide bonds. The van der Waals surface area contributed by atoms with Crippen LogP contribution < -0.4 is 10.2 Å². The molecule has 0 aliphatic carbocycles. The number of nitriles is 1. The number of imidazole rings is 1. The lowest BCUT2D eigenvalue weighted by molar-refractivity contribution is 0.601. The van der Waals surface area contributed by atoms with Crippen LogP contribution in [0.5, 0.6) is 0 Å². The molecule has 0 bridgehead atoms. The lowest BCUT2D eigenvalue weighted by atomic mass is 10.1. The predicted molar refractivity (Wildman–Crippen MR) is 133 cm³/mol. The van der Waals surface area contributed by atoms with Gasteiger partial charge in [-0.1, -0.05) is 12.1 Å². The second-order valence-electron chi connectivity index (χ2n) is 9.70. The summed E-state index contributed by atoms with van der Waals surface area (Å²) >= 11 is 0. The fourth-order valence-electron chi connectivity index (χ4n) is 6.11. The summed E-state index contributed by atoms with van der Waals surface area (Å²) in [6, 6.07) is 20.5. The van der Waals surface area contributed by atoms with Crippen LogP contribution in [0.4, 0.5) is 5.69 Å². The molecule has 0 radical (unpaired) electrons. The second-order valence-corrected chi connectivity index (χ2v) is 9.70. The minimum absolute atomic E-state index is 0.611. The van der Waals surface area contributed by atoms with Gasteiger partial charge in [-0.2, -0.15) is 5.26 Å². The Kier molecular flexibility index (Phi) is 4.24. The van der Waals surface area contributed by atoms with Crippen molar-refractivity contribution in [2.75, 3.05) is 18.0 Å². The second kappa shape index (κ2) is 7.34. The van der Waals surface area contributed by atoms with Crippen LogP contribution in [0.2, 0.25) is 0 Å². The fourth-order valence-corrected chi connectivity index (χ4v) is 6.11. The third-order valence-corrected chi connectivity index (χ3v) is 7.78. The number of aromatic nitrogens is 3. The molecule has 0 spiro atoms. The van der Waals surface area contributed by atoms with Crippen molar-refractivity contribution < 1.29 is 0 Å². The first kappa shape index (κ1) is 19.6. The van der Waals surface area contributed by atoms with Gasteiger partial charge in [0.05, 0.1) is 23.0 Å². The Morgan fingerprint density at radius 3 is 2.79 bits per heavy atom. The number of fused-ring (bicyclic) bond motifs is 6. The molecular formula is C28H26N6. The third-order valence-electron chi connectivity index (χ3n) is 7.78. The molecule has 2 atom stereocenters. The number of anilines is 1. The molecule has 4 aromatic rings. The zero-order valence-electron chi connectivity index (χ0n) is 19.2. The summed E-state index contributed by atoms with van der Waals surface area (Å²) in [5, 5.41) is 12.8. The highest BCUT2D eigenvalue weighted by Crippen LogP contribution is 2.38. The van der Waals surface area contributed by atoms with Crippen molar-refractivity contribution in [2.24, 2.45) is 0 Å². The number of benzene rings is 2. The first-order valence-electron chi connectivity index (χ1n) is 12.1. The Morgan fingerprint density at radius 1 is 1.06 bits per heavy atom. The Labute approximate surface area is 199 Å². The van der Waals surface area contributed by atoms with E-state index in [9.17, 15) is 0 Å². The van der Waals surface area contributed by atoms with Crippen molar-refractivity contribution in [3.63, 3.8) is 0 Å². The Balaban J connectivity index is 1.34. The molecule has 2 unspecified atom stereocenters. The summed E-state index contributed by atoms with van der Waals surface area (Å²) in [4.78, 5) is 7.42. The van der Waals surface area contributed by atoms with E-state index in [1.807, 2.05) is 30.5 Å². The number of nitrogens with zero attached hydrogens (tertiary/aromatic N) is 5. The van der Waals surface area contributed by atoms with Crippen LogP contribution in [0.15, 0.2) is 60.9 Å². The standard InChI is InChI=1S/C28H26N6/c1-18-15-31-28-27-13-21(20-4-2-19(14-29)3-5-20)16-32(27)17-22-12-23(6-7-25(22)34(18)28)33-11-9-24-26(33)8-10-30-24/h2-7,12-13,15-16,24,26,30H,8-11,17H2,1H3. The van der Waals surface area contributed by atoms with Gasteiger partial charge in [-0.25, -0.2) is 4.98 Å². The molecule has 6 nitrogen and oxygen atoms in total. The molecule has 2 saturated heterocycles. The van der Waals surface area contributed by atoms with E-state index < -0.39 is 0 Å². The molecule has 168 valence electrons. The van der Waals surface area contributed by atoms with Gasteiger partial charge in [0.1, 0.15) is 0 Å². The summed E-state index contributed by atoms with van der Waals surface area (Å²) in [7, 11) is 0. The van der Waals surface area contributed by atoms with E-state index in [1.54, 1.807) is 0 Å². The molecule has 2 aromatic heterocycles. The summed E-state index contributed by atoms with van der Waals surface area (Å²) < 4.78 is 4.62. The van der Waals surface area contributed by atoms with Gasteiger partial charge in [0.2, 0.25) is 0 Å². The van der Waals surface area contributed by atoms with Crippen LogP contribution in [0.3, 0.4) is 0 Å². The van der Waals surface area contributed by atoms with Crippen LogP contribution in [0, 0.1) is 18.3 Å². The highest BCUT2D eigenvalue weighted by atomic mass is 15.2. The third kappa shape index (κ3) is 2.87. The Bertz CT molecular complexity index is 1450. The quantitative estimate of drug-likeness (QED) is 0.434. The molecular weight excluding hydrogens is 420 g/mol. The Morgan fingerprint density at radius 2 is 1.94 bits per heavy atom. The van der Waals surface area contributed by atoms with E-state index >= 15 is 0 Å². The molecule has 2 fully saturated rings. The van der Waals surface area contributed by atoms with Gasteiger partial charge in [0, 0.05) is 54.5 Å². The van der Waals surface area contributed by atoms with Gasteiger partial charge >= 0.3 is 0 Å². The van der Waals surface area contributed by atoms with E-state index in [1.165, 1.54) is 29.8 Å². The number of hydrogen-bond acceptors (Lipinski definition) is 4. The maximum Gasteiger partial charge on any atom is 0.161 e. The number of nitrogens with one attached hydrogen (secondary N) is 1. The average molecular weight is 447 g/mol.